The molecule has 1 aliphatic heterocycles. The average Bonchev–Trinajstić information content (AvgIpc) is 2.97. The first-order valence-corrected chi connectivity index (χ1v) is 12.8. The lowest BCUT2D eigenvalue weighted by Crippen LogP contribution is -2.37. The van der Waals surface area contributed by atoms with Crippen molar-refractivity contribution >= 4 is 35.3 Å². The standard InChI is InChI=1S/C32H31N3O2/c1-2-19-37-31-21-27-20-26(15-18-32(27)34(23-31)28-9-5-3-6-10-28)22-33-35(29-11-7-4-8-12-29)30-16-13-25(24-36)14-17-30/h3-18,20,22,24,31H,2,19,21,23H2,1H3. The number of aldehydes is 1. The second kappa shape index (κ2) is 11.7. The van der Waals surface area contributed by atoms with Crippen molar-refractivity contribution < 1.29 is 9.53 Å². The molecule has 4 aromatic rings. The van der Waals surface area contributed by atoms with Gasteiger partial charge in [-0.15, -0.1) is 0 Å². The quantitative estimate of drug-likeness (QED) is 0.142. The van der Waals surface area contributed by atoms with Gasteiger partial charge in [0.25, 0.3) is 0 Å². The second-order valence-corrected chi connectivity index (χ2v) is 9.13. The molecule has 186 valence electrons. The van der Waals surface area contributed by atoms with Crippen LogP contribution < -0.4 is 9.91 Å². The van der Waals surface area contributed by atoms with Gasteiger partial charge in [-0.25, -0.2) is 5.01 Å². The molecule has 0 radical (unpaired) electrons. The van der Waals surface area contributed by atoms with Crippen molar-refractivity contribution in [2.45, 2.75) is 25.9 Å². The first-order valence-electron chi connectivity index (χ1n) is 12.8. The Balaban J connectivity index is 1.47. The highest BCUT2D eigenvalue weighted by molar-refractivity contribution is 5.84. The van der Waals surface area contributed by atoms with Gasteiger partial charge in [0.2, 0.25) is 0 Å². The highest BCUT2D eigenvalue weighted by Crippen LogP contribution is 2.35. The van der Waals surface area contributed by atoms with Crippen LogP contribution in [0.25, 0.3) is 0 Å². The lowest BCUT2D eigenvalue weighted by Gasteiger charge is -2.36. The highest BCUT2D eigenvalue weighted by Gasteiger charge is 2.26. The summed E-state index contributed by atoms with van der Waals surface area (Å²) >= 11 is 0. The highest BCUT2D eigenvalue weighted by atomic mass is 16.5. The van der Waals surface area contributed by atoms with Crippen LogP contribution in [0.3, 0.4) is 0 Å². The molecule has 4 aromatic carbocycles. The molecule has 1 unspecified atom stereocenters. The number of para-hydroxylation sites is 2. The first kappa shape index (κ1) is 24.5. The molecule has 1 atom stereocenters. The monoisotopic (exact) mass is 489 g/mol. The van der Waals surface area contributed by atoms with E-state index >= 15 is 0 Å². The number of benzene rings is 4. The fourth-order valence-electron chi connectivity index (χ4n) is 4.64. The van der Waals surface area contributed by atoms with E-state index in [9.17, 15) is 4.79 Å². The normalized spacial score (nSPS) is 14.9. The van der Waals surface area contributed by atoms with Crippen LogP contribution in [-0.2, 0) is 11.2 Å². The number of hydrogen-bond acceptors (Lipinski definition) is 5. The Morgan fingerprint density at radius 3 is 2.27 bits per heavy atom. The van der Waals surface area contributed by atoms with Gasteiger partial charge in [0, 0.05) is 36.5 Å². The summed E-state index contributed by atoms with van der Waals surface area (Å²) in [5, 5.41) is 6.75. The smallest absolute Gasteiger partial charge is 0.150 e. The molecule has 5 heteroatoms. The molecular weight excluding hydrogens is 458 g/mol. The van der Waals surface area contributed by atoms with E-state index in [2.05, 4.69) is 54.3 Å². The summed E-state index contributed by atoms with van der Waals surface area (Å²) in [4.78, 5) is 13.5. The molecule has 0 saturated heterocycles. The molecule has 1 heterocycles. The Morgan fingerprint density at radius 1 is 0.892 bits per heavy atom. The van der Waals surface area contributed by atoms with E-state index in [1.54, 1.807) is 12.1 Å². The number of ether oxygens (including phenoxy) is 1. The molecule has 5 nitrogen and oxygen atoms in total. The topological polar surface area (TPSA) is 45.1 Å². The van der Waals surface area contributed by atoms with Crippen molar-refractivity contribution in [3.05, 3.63) is 120 Å². The van der Waals surface area contributed by atoms with Gasteiger partial charge in [0.15, 0.2) is 0 Å². The van der Waals surface area contributed by atoms with Crippen LogP contribution in [0, 0.1) is 0 Å². The van der Waals surface area contributed by atoms with E-state index in [0.29, 0.717) is 5.56 Å². The zero-order valence-corrected chi connectivity index (χ0v) is 21.0. The number of anilines is 4. The minimum absolute atomic E-state index is 0.136. The SMILES string of the molecule is CCCOC1Cc2cc(C=NN(c3ccccc3)c3ccc(C=O)cc3)ccc2N(c2ccccc2)C1. The summed E-state index contributed by atoms with van der Waals surface area (Å²) < 4.78 is 6.20. The fraction of sp³-hybridized carbons (Fsp3) is 0.188. The molecular formula is C32H31N3O2. The average molecular weight is 490 g/mol. The molecule has 0 spiro atoms. The number of carbonyl (C=O) groups is 1. The van der Waals surface area contributed by atoms with Crippen LogP contribution in [0.15, 0.2) is 108 Å². The number of hydrogen-bond donors (Lipinski definition) is 0. The third kappa shape index (κ3) is 5.79. The summed E-state index contributed by atoms with van der Waals surface area (Å²) in [6, 6.07) is 34.5. The summed E-state index contributed by atoms with van der Waals surface area (Å²) in [6.07, 6.45) is 4.76. The Bertz CT molecular complexity index is 1340. The maximum atomic E-state index is 11.1. The Labute approximate surface area is 218 Å². The van der Waals surface area contributed by atoms with Gasteiger partial charge in [-0.3, -0.25) is 4.79 Å². The molecule has 37 heavy (non-hydrogen) atoms. The van der Waals surface area contributed by atoms with Crippen LogP contribution >= 0.6 is 0 Å². The lowest BCUT2D eigenvalue weighted by molar-refractivity contribution is 0.0575. The van der Waals surface area contributed by atoms with E-state index in [1.807, 2.05) is 59.8 Å². The van der Waals surface area contributed by atoms with E-state index < -0.39 is 0 Å². The molecule has 5 rings (SSSR count). The van der Waals surface area contributed by atoms with Gasteiger partial charge >= 0.3 is 0 Å². The third-order valence-electron chi connectivity index (χ3n) is 6.45. The van der Waals surface area contributed by atoms with E-state index in [0.717, 1.165) is 49.2 Å². The van der Waals surface area contributed by atoms with Crippen LogP contribution in [0.4, 0.5) is 22.7 Å². The molecule has 0 saturated carbocycles. The lowest BCUT2D eigenvalue weighted by atomic mass is 9.97. The fourth-order valence-corrected chi connectivity index (χ4v) is 4.64. The molecule has 0 amide bonds. The largest absolute Gasteiger partial charge is 0.376 e. The summed E-state index contributed by atoms with van der Waals surface area (Å²) in [5.41, 5.74) is 7.12. The van der Waals surface area contributed by atoms with Crippen molar-refractivity contribution in [2.75, 3.05) is 23.1 Å². The van der Waals surface area contributed by atoms with Gasteiger partial charge < -0.3 is 9.64 Å². The number of rotatable bonds is 9. The number of carbonyl (C=O) groups excluding carboxylic acids is 1. The van der Waals surface area contributed by atoms with Crippen LogP contribution in [0.2, 0.25) is 0 Å². The molecule has 0 fully saturated rings. The first-order chi connectivity index (χ1) is 18.2. The van der Waals surface area contributed by atoms with Crippen molar-refractivity contribution in [2.24, 2.45) is 5.10 Å². The number of hydrazone groups is 1. The van der Waals surface area contributed by atoms with Crippen LogP contribution in [-0.4, -0.2) is 31.8 Å². The molecule has 1 aliphatic rings. The Hall–Kier alpha value is -4.22. The van der Waals surface area contributed by atoms with Crippen molar-refractivity contribution in [1.82, 2.24) is 0 Å². The molecule has 0 N–H and O–H groups in total. The van der Waals surface area contributed by atoms with Gasteiger partial charge in [0.05, 0.1) is 23.7 Å². The maximum absolute atomic E-state index is 11.1. The summed E-state index contributed by atoms with van der Waals surface area (Å²) in [6.45, 7) is 3.74. The van der Waals surface area contributed by atoms with Crippen LogP contribution in [0.5, 0.6) is 0 Å². The number of fused-ring (bicyclic) bond motifs is 1. The van der Waals surface area contributed by atoms with Gasteiger partial charge in [-0.1, -0.05) is 49.4 Å². The van der Waals surface area contributed by atoms with E-state index in [-0.39, 0.29) is 6.10 Å². The summed E-state index contributed by atoms with van der Waals surface area (Å²) in [5.74, 6) is 0. The Kier molecular flexibility index (Phi) is 7.72. The van der Waals surface area contributed by atoms with Gasteiger partial charge in [0.1, 0.15) is 6.29 Å². The van der Waals surface area contributed by atoms with Crippen LogP contribution in [0.1, 0.15) is 34.8 Å². The molecule has 0 bridgehead atoms. The second-order valence-electron chi connectivity index (χ2n) is 9.13. The van der Waals surface area contributed by atoms with E-state index in [1.165, 1.54) is 16.9 Å². The predicted octanol–water partition coefficient (Wildman–Crippen LogP) is 7.16. The van der Waals surface area contributed by atoms with Gasteiger partial charge in [-0.05, 0) is 78.2 Å². The van der Waals surface area contributed by atoms with Crippen molar-refractivity contribution in [3.8, 4) is 0 Å². The molecule has 0 aromatic heterocycles. The zero-order chi connectivity index (χ0) is 25.5. The number of nitrogens with zero attached hydrogens (tertiary/aromatic N) is 3. The van der Waals surface area contributed by atoms with Crippen molar-refractivity contribution in [3.63, 3.8) is 0 Å². The Morgan fingerprint density at radius 2 is 1.57 bits per heavy atom. The zero-order valence-electron chi connectivity index (χ0n) is 21.0. The molecule has 0 aliphatic carbocycles. The minimum atomic E-state index is 0.136. The van der Waals surface area contributed by atoms with E-state index in [4.69, 9.17) is 9.84 Å². The van der Waals surface area contributed by atoms with Crippen molar-refractivity contribution in [1.29, 1.82) is 0 Å². The third-order valence-corrected chi connectivity index (χ3v) is 6.45. The predicted molar refractivity (Wildman–Crippen MR) is 152 cm³/mol. The maximum Gasteiger partial charge on any atom is 0.150 e. The van der Waals surface area contributed by atoms with Gasteiger partial charge in [-0.2, -0.15) is 5.10 Å². The summed E-state index contributed by atoms with van der Waals surface area (Å²) in [7, 11) is 0. The minimum Gasteiger partial charge on any atom is -0.376 e.